The third-order valence-corrected chi connectivity index (χ3v) is 10.0. The van der Waals surface area contributed by atoms with Crippen molar-refractivity contribution in [3.63, 3.8) is 0 Å². The molecule has 4 bridgehead atoms. The lowest BCUT2D eigenvalue weighted by molar-refractivity contribution is -0.192. The molecule has 0 spiro atoms. The summed E-state index contributed by atoms with van der Waals surface area (Å²) in [7, 11) is 0. The first-order valence-corrected chi connectivity index (χ1v) is 14.1. The van der Waals surface area contributed by atoms with E-state index >= 15 is 0 Å². The van der Waals surface area contributed by atoms with Crippen LogP contribution < -0.4 is 0 Å². The van der Waals surface area contributed by atoms with Gasteiger partial charge in [0.05, 0.1) is 5.69 Å². The van der Waals surface area contributed by atoms with Crippen LogP contribution in [0.3, 0.4) is 0 Å². The third-order valence-electron chi connectivity index (χ3n) is 10.0. The van der Waals surface area contributed by atoms with Gasteiger partial charge in [-0.05, 0) is 125 Å². The van der Waals surface area contributed by atoms with Crippen LogP contribution in [0, 0.1) is 28.6 Å². The van der Waals surface area contributed by atoms with Crippen molar-refractivity contribution in [1.29, 1.82) is 0 Å². The minimum absolute atomic E-state index is 0.117. The number of hydrogen-bond donors (Lipinski definition) is 2. The third kappa shape index (κ3) is 4.19. The van der Waals surface area contributed by atoms with Crippen LogP contribution in [-0.2, 0) is 6.42 Å². The van der Waals surface area contributed by atoms with Gasteiger partial charge in [0.15, 0.2) is 5.69 Å². The van der Waals surface area contributed by atoms with Gasteiger partial charge in [0.25, 0.3) is 0 Å². The van der Waals surface area contributed by atoms with Crippen molar-refractivity contribution in [2.75, 3.05) is 19.6 Å². The van der Waals surface area contributed by atoms with Gasteiger partial charge < -0.3 is 10.0 Å². The highest BCUT2D eigenvalue weighted by Crippen LogP contribution is 2.75. The zero-order chi connectivity index (χ0) is 25.2. The van der Waals surface area contributed by atoms with Gasteiger partial charge in [-0.25, -0.2) is 9.78 Å². The van der Waals surface area contributed by atoms with Crippen molar-refractivity contribution < 1.29 is 9.90 Å². The van der Waals surface area contributed by atoms with Crippen LogP contribution >= 0.6 is 0 Å². The Labute approximate surface area is 215 Å². The average Bonchev–Trinajstić information content (AvgIpc) is 3.40. The van der Waals surface area contributed by atoms with Gasteiger partial charge in [-0.2, -0.15) is 5.10 Å². The molecule has 1 aliphatic heterocycles. The lowest BCUT2D eigenvalue weighted by Gasteiger charge is -2.70. The molecule has 194 valence electrons. The lowest BCUT2D eigenvalue weighted by atomic mass is 9.35. The number of carboxylic acids is 1. The summed E-state index contributed by atoms with van der Waals surface area (Å²) in [6.45, 7) is 11.0. The summed E-state index contributed by atoms with van der Waals surface area (Å²) in [5, 5.41) is 17.8. The smallest absolute Gasteiger partial charge is 0.355 e. The first-order chi connectivity index (χ1) is 17.1. The second-order valence-electron chi connectivity index (χ2n) is 13.9. The summed E-state index contributed by atoms with van der Waals surface area (Å²) >= 11 is 0. The van der Waals surface area contributed by atoms with Crippen molar-refractivity contribution >= 4 is 5.97 Å². The second-order valence-corrected chi connectivity index (χ2v) is 13.9. The van der Waals surface area contributed by atoms with Gasteiger partial charge in [-0.15, -0.1) is 0 Å². The van der Waals surface area contributed by atoms with E-state index in [0.29, 0.717) is 21.8 Å². The Kier molecular flexibility index (Phi) is 5.64. The lowest BCUT2D eigenvalue weighted by Crippen LogP contribution is -2.60. The number of pyridine rings is 1. The molecule has 1 saturated heterocycles. The van der Waals surface area contributed by atoms with Gasteiger partial charge in [0.2, 0.25) is 0 Å². The number of likely N-dealkylation sites (tertiary alicyclic amines) is 1. The van der Waals surface area contributed by atoms with Crippen molar-refractivity contribution in [3.8, 4) is 11.1 Å². The van der Waals surface area contributed by atoms with E-state index in [-0.39, 0.29) is 11.1 Å². The van der Waals surface area contributed by atoms with Gasteiger partial charge in [0, 0.05) is 23.0 Å². The van der Waals surface area contributed by atoms with E-state index in [1.807, 2.05) is 19.1 Å². The zero-order valence-corrected chi connectivity index (χ0v) is 22.3. The van der Waals surface area contributed by atoms with Gasteiger partial charge in [-0.1, -0.05) is 19.9 Å². The number of aromatic carboxylic acids is 1. The van der Waals surface area contributed by atoms with Crippen LogP contribution in [0.2, 0.25) is 0 Å². The van der Waals surface area contributed by atoms with Gasteiger partial charge in [0.1, 0.15) is 0 Å². The quantitative estimate of drug-likeness (QED) is 0.456. The second kappa shape index (κ2) is 8.41. The molecule has 6 nitrogen and oxygen atoms in total. The van der Waals surface area contributed by atoms with Crippen LogP contribution in [-0.4, -0.2) is 50.8 Å². The average molecular weight is 491 g/mol. The highest BCUT2D eigenvalue weighted by molar-refractivity contribution is 5.94. The van der Waals surface area contributed by atoms with E-state index in [1.165, 1.54) is 83.8 Å². The maximum Gasteiger partial charge on any atom is 0.355 e. The van der Waals surface area contributed by atoms with E-state index in [2.05, 4.69) is 28.8 Å². The molecule has 5 fully saturated rings. The first-order valence-electron chi connectivity index (χ1n) is 14.1. The Morgan fingerprint density at radius 3 is 2.44 bits per heavy atom. The summed E-state index contributed by atoms with van der Waals surface area (Å²) in [5.41, 5.74) is 5.23. The molecule has 5 aliphatic rings. The predicted octanol–water partition coefficient (Wildman–Crippen LogP) is 6.26. The van der Waals surface area contributed by atoms with Crippen molar-refractivity contribution in [1.82, 2.24) is 20.1 Å². The summed E-state index contributed by atoms with van der Waals surface area (Å²) < 4.78 is 0. The topological polar surface area (TPSA) is 82.1 Å². The van der Waals surface area contributed by atoms with E-state index < -0.39 is 5.97 Å². The molecule has 6 heteroatoms. The largest absolute Gasteiger partial charge is 0.476 e. The standard InChI is InChI=1S/C30H42N4O2/c1-21-24(22-8-6-10-31-25(22)26(35)36)23(33-32-21)14-30-18-27(2)15-28(3,19-30)17-29(16-27,20-30)9-7-13-34-11-4-5-12-34/h6,8,10H,4-5,7,9,11-20H2,1-3H3,(H,32,33)(H,35,36). The highest BCUT2D eigenvalue weighted by atomic mass is 16.4. The number of rotatable bonds is 8. The monoisotopic (exact) mass is 490 g/mol. The highest BCUT2D eigenvalue weighted by Gasteiger charge is 2.65. The zero-order valence-electron chi connectivity index (χ0n) is 22.3. The fraction of sp³-hybridized carbons (Fsp3) is 0.700. The Morgan fingerprint density at radius 2 is 1.75 bits per heavy atom. The minimum atomic E-state index is -0.982. The number of H-pyrrole nitrogens is 1. The van der Waals surface area contributed by atoms with E-state index in [9.17, 15) is 9.90 Å². The Morgan fingerprint density at radius 1 is 1.06 bits per heavy atom. The fourth-order valence-corrected chi connectivity index (χ4v) is 10.4. The number of aromatic amines is 1. The Balaban J connectivity index is 1.31. The molecule has 4 aliphatic carbocycles. The summed E-state index contributed by atoms with van der Waals surface area (Å²) in [4.78, 5) is 18.8. The molecular weight excluding hydrogens is 448 g/mol. The predicted molar refractivity (Wildman–Crippen MR) is 141 cm³/mol. The van der Waals surface area contributed by atoms with Crippen LogP contribution in [0.1, 0.15) is 99.9 Å². The molecule has 2 unspecified atom stereocenters. The molecule has 2 atom stereocenters. The molecular formula is C30H42N4O2. The number of carboxylic acid groups (broad SMARTS) is 1. The number of nitrogens with zero attached hydrogens (tertiary/aromatic N) is 3. The molecule has 0 aromatic carbocycles. The number of nitrogens with one attached hydrogen (secondary N) is 1. The Bertz CT molecular complexity index is 1150. The molecule has 2 aromatic heterocycles. The summed E-state index contributed by atoms with van der Waals surface area (Å²) in [6.07, 6.45) is 15.9. The molecule has 0 amide bonds. The normalized spacial score (nSPS) is 35.5. The number of hydrogen-bond acceptors (Lipinski definition) is 4. The number of aromatic nitrogens is 3. The minimum Gasteiger partial charge on any atom is -0.476 e. The number of carbonyl (C=O) groups is 1. The molecule has 36 heavy (non-hydrogen) atoms. The maximum absolute atomic E-state index is 12.0. The molecule has 7 rings (SSSR count). The Hall–Kier alpha value is -2.21. The van der Waals surface area contributed by atoms with Crippen LogP contribution in [0.5, 0.6) is 0 Å². The summed E-state index contributed by atoms with van der Waals surface area (Å²) in [6, 6.07) is 3.72. The summed E-state index contributed by atoms with van der Waals surface area (Å²) in [5.74, 6) is -0.982. The molecule has 2 N–H and O–H groups in total. The van der Waals surface area contributed by atoms with Crippen molar-refractivity contribution in [2.24, 2.45) is 21.7 Å². The SMILES string of the molecule is Cc1[nH]nc(CC23CC4(C)CC(C)(CC(CCCN5CCCC5)(C4)C2)C3)c1-c1cccnc1C(=O)O. The van der Waals surface area contributed by atoms with Gasteiger partial charge >= 0.3 is 5.97 Å². The van der Waals surface area contributed by atoms with Crippen molar-refractivity contribution in [3.05, 3.63) is 35.4 Å². The fourth-order valence-electron chi connectivity index (χ4n) is 10.4. The molecule has 3 heterocycles. The maximum atomic E-state index is 12.0. The van der Waals surface area contributed by atoms with E-state index in [0.717, 1.165) is 23.4 Å². The van der Waals surface area contributed by atoms with E-state index in [1.54, 1.807) is 6.20 Å². The first kappa shape index (κ1) is 24.1. The van der Waals surface area contributed by atoms with Crippen LogP contribution in [0.25, 0.3) is 11.1 Å². The van der Waals surface area contributed by atoms with Crippen molar-refractivity contribution in [2.45, 2.75) is 91.4 Å². The van der Waals surface area contributed by atoms with Gasteiger partial charge in [-0.3, -0.25) is 5.10 Å². The van der Waals surface area contributed by atoms with Crippen LogP contribution in [0.15, 0.2) is 18.3 Å². The van der Waals surface area contributed by atoms with Crippen LogP contribution in [0.4, 0.5) is 0 Å². The molecule has 0 radical (unpaired) electrons. The molecule has 2 aromatic rings. The number of aryl methyl sites for hydroxylation is 1. The van der Waals surface area contributed by atoms with E-state index in [4.69, 9.17) is 5.10 Å². The molecule has 4 saturated carbocycles.